The third-order valence-electron chi connectivity index (χ3n) is 6.01. The molecular weight excluding hydrogens is 354 g/mol. The van der Waals surface area contributed by atoms with Crippen molar-refractivity contribution in [1.82, 2.24) is 0 Å². The average Bonchev–Trinajstić information content (AvgIpc) is 3.27. The third-order valence-corrected chi connectivity index (χ3v) is 6.01. The van der Waals surface area contributed by atoms with Gasteiger partial charge in [0.2, 0.25) is 0 Å². The molecule has 4 aromatic carbocycles. The number of benzene rings is 4. The largest absolute Gasteiger partial charge is 0.455 e. The maximum absolute atomic E-state index is 6.34. The predicted octanol–water partition coefficient (Wildman–Crippen LogP) is 7.65. The van der Waals surface area contributed by atoms with Gasteiger partial charge in [0.05, 0.1) is 11.4 Å². The molecule has 6 rings (SSSR count). The van der Waals surface area contributed by atoms with Crippen LogP contribution < -0.4 is 0 Å². The number of hydrogen-bond donors (Lipinski definition) is 0. The highest BCUT2D eigenvalue weighted by molar-refractivity contribution is 6.30. The van der Waals surface area contributed by atoms with Crippen LogP contribution in [0.25, 0.3) is 32.7 Å². The van der Waals surface area contributed by atoms with Gasteiger partial charge in [-0.1, -0.05) is 50.2 Å². The van der Waals surface area contributed by atoms with Gasteiger partial charge >= 0.3 is 0 Å². The van der Waals surface area contributed by atoms with Gasteiger partial charge in [0, 0.05) is 27.3 Å². The number of aryl methyl sites for hydroxylation is 1. The summed E-state index contributed by atoms with van der Waals surface area (Å²) in [7, 11) is 0. The summed E-state index contributed by atoms with van der Waals surface area (Å²) in [6.07, 6.45) is 0. The summed E-state index contributed by atoms with van der Waals surface area (Å²) in [5, 5.41) is 4.82. The fourth-order valence-electron chi connectivity index (χ4n) is 4.58. The van der Waals surface area contributed by atoms with Crippen LogP contribution in [0.15, 0.2) is 76.1 Å². The summed E-state index contributed by atoms with van der Waals surface area (Å²) in [6, 6.07) is 23.7. The van der Waals surface area contributed by atoms with Crippen molar-refractivity contribution in [3.8, 4) is 0 Å². The molecular formula is C27H21NO. The third kappa shape index (κ3) is 2.32. The number of para-hydroxylation sites is 1. The topological polar surface area (TPSA) is 25.5 Å². The summed E-state index contributed by atoms with van der Waals surface area (Å²) < 4.78 is 6.34. The maximum Gasteiger partial charge on any atom is 0.144 e. The number of nitrogens with zero attached hydrogens (tertiary/aromatic N) is 1. The smallest absolute Gasteiger partial charge is 0.144 e. The van der Waals surface area contributed by atoms with Crippen molar-refractivity contribution in [3.63, 3.8) is 0 Å². The molecule has 1 aromatic heterocycles. The molecule has 0 atom stereocenters. The zero-order valence-electron chi connectivity index (χ0n) is 16.8. The van der Waals surface area contributed by atoms with Gasteiger partial charge in [-0.15, -0.1) is 0 Å². The van der Waals surface area contributed by atoms with Crippen molar-refractivity contribution >= 4 is 44.1 Å². The first-order chi connectivity index (χ1) is 14.1. The van der Waals surface area contributed by atoms with Gasteiger partial charge in [-0.3, -0.25) is 0 Å². The van der Waals surface area contributed by atoms with E-state index in [-0.39, 0.29) is 0 Å². The van der Waals surface area contributed by atoms with E-state index in [9.17, 15) is 0 Å². The van der Waals surface area contributed by atoms with Crippen molar-refractivity contribution in [1.29, 1.82) is 0 Å². The van der Waals surface area contributed by atoms with Gasteiger partial charge in [0.25, 0.3) is 0 Å². The lowest BCUT2D eigenvalue weighted by atomic mass is 9.91. The second-order valence-electron chi connectivity index (χ2n) is 8.35. The highest BCUT2D eigenvalue weighted by Gasteiger charge is 2.24. The van der Waals surface area contributed by atoms with Crippen molar-refractivity contribution in [3.05, 3.63) is 89.0 Å². The van der Waals surface area contributed by atoms with Crippen molar-refractivity contribution in [2.45, 2.75) is 26.7 Å². The highest BCUT2D eigenvalue weighted by Crippen LogP contribution is 2.41. The Bertz CT molecular complexity index is 1480. The lowest BCUT2D eigenvalue weighted by molar-refractivity contribution is 0.668. The van der Waals surface area contributed by atoms with Gasteiger partial charge in [-0.2, -0.15) is 0 Å². The van der Waals surface area contributed by atoms with Crippen LogP contribution in [0.1, 0.15) is 42.0 Å². The molecule has 0 N–H and O–H groups in total. The number of hydrogen-bond acceptors (Lipinski definition) is 2. The first-order valence-corrected chi connectivity index (χ1v) is 10.2. The Morgan fingerprint density at radius 3 is 2.55 bits per heavy atom. The summed E-state index contributed by atoms with van der Waals surface area (Å²) in [5.41, 5.74) is 8.77. The van der Waals surface area contributed by atoms with Crippen LogP contribution in [0.5, 0.6) is 0 Å². The number of aliphatic imine (C=N–C) groups is 1. The number of furan rings is 1. The Kier molecular flexibility index (Phi) is 3.31. The van der Waals surface area contributed by atoms with E-state index in [2.05, 4.69) is 75.4 Å². The van der Waals surface area contributed by atoms with E-state index >= 15 is 0 Å². The monoisotopic (exact) mass is 375 g/mol. The fraction of sp³-hybridized carbons (Fsp3) is 0.148. The molecule has 0 aliphatic carbocycles. The molecule has 0 bridgehead atoms. The molecule has 0 unspecified atom stereocenters. The van der Waals surface area contributed by atoms with E-state index < -0.39 is 0 Å². The van der Waals surface area contributed by atoms with Crippen molar-refractivity contribution in [2.75, 3.05) is 0 Å². The lowest BCUT2D eigenvalue weighted by Gasteiger charge is -2.11. The van der Waals surface area contributed by atoms with E-state index in [0.29, 0.717) is 5.92 Å². The average molecular weight is 375 g/mol. The molecule has 140 valence electrons. The van der Waals surface area contributed by atoms with Crippen LogP contribution in [0.4, 0.5) is 5.69 Å². The minimum atomic E-state index is 0.463. The summed E-state index contributed by atoms with van der Waals surface area (Å²) in [4.78, 5) is 5.09. The van der Waals surface area contributed by atoms with Crippen molar-refractivity contribution < 1.29 is 4.42 Å². The SMILES string of the molecule is Cc1cc(C2=Nc3cccc4cc(C(C)C)cc2c34)c2oc3ccccc3c2c1. The second kappa shape index (κ2) is 5.81. The maximum atomic E-state index is 6.34. The zero-order chi connectivity index (χ0) is 19.7. The van der Waals surface area contributed by atoms with E-state index in [4.69, 9.17) is 9.41 Å². The number of fused-ring (bicyclic) bond motifs is 3. The van der Waals surface area contributed by atoms with Crippen LogP contribution in [-0.2, 0) is 0 Å². The molecule has 0 radical (unpaired) electrons. The molecule has 1 aliphatic rings. The quantitative estimate of drug-likeness (QED) is 0.305. The van der Waals surface area contributed by atoms with Crippen LogP contribution in [0, 0.1) is 6.92 Å². The van der Waals surface area contributed by atoms with Crippen LogP contribution in [0.3, 0.4) is 0 Å². The molecule has 0 fully saturated rings. The molecule has 5 aromatic rings. The summed E-state index contributed by atoms with van der Waals surface area (Å²) in [6.45, 7) is 6.63. The Morgan fingerprint density at radius 2 is 1.69 bits per heavy atom. The Balaban J connectivity index is 1.70. The summed E-state index contributed by atoms with van der Waals surface area (Å²) >= 11 is 0. The minimum Gasteiger partial charge on any atom is -0.455 e. The van der Waals surface area contributed by atoms with Gasteiger partial charge < -0.3 is 4.42 Å². The molecule has 0 saturated heterocycles. The van der Waals surface area contributed by atoms with Gasteiger partial charge in [-0.05, 0) is 59.7 Å². The molecule has 0 saturated carbocycles. The minimum absolute atomic E-state index is 0.463. The fourth-order valence-corrected chi connectivity index (χ4v) is 4.58. The highest BCUT2D eigenvalue weighted by atomic mass is 16.3. The van der Waals surface area contributed by atoms with Crippen molar-refractivity contribution in [2.24, 2.45) is 4.99 Å². The van der Waals surface area contributed by atoms with Gasteiger partial charge in [0.15, 0.2) is 0 Å². The first kappa shape index (κ1) is 16.6. The normalized spacial score (nSPS) is 13.2. The Hall–Kier alpha value is -3.39. The molecule has 2 nitrogen and oxygen atoms in total. The van der Waals surface area contributed by atoms with Gasteiger partial charge in [0.1, 0.15) is 11.2 Å². The Labute approximate surface area is 169 Å². The lowest BCUT2D eigenvalue weighted by Crippen LogP contribution is -2.03. The second-order valence-corrected chi connectivity index (χ2v) is 8.35. The molecule has 2 heteroatoms. The molecule has 0 amide bonds. The van der Waals surface area contributed by atoms with Gasteiger partial charge in [-0.25, -0.2) is 4.99 Å². The number of rotatable bonds is 2. The van der Waals surface area contributed by atoms with Crippen LogP contribution >= 0.6 is 0 Å². The first-order valence-electron chi connectivity index (χ1n) is 10.2. The van der Waals surface area contributed by atoms with Crippen LogP contribution in [0.2, 0.25) is 0 Å². The van der Waals surface area contributed by atoms with E-state index in [1.165, 1.54) is 27.5 Å². The van der Waals surface area contributed by atoms with Crippen LogP contribution in [-0.4, -0.2) is 5.71 Å². The zero-order valence-corrected chi connectivity index (χ0v) is 16.8. The molecule has 0 spiro atoms. The molecule has 2 heterocycles. The van der Waals surface area contributed by atoms with E-state index in [1.807, 2.05) is 12.1 Å². The Morgan fingerprint density at radius 1 is 0.828 bits per heavy atom. The van der Waals surface area contributed by atoms with E-state index in [1.54, 1.807) is 0 Å². The van der Waals surface area contributed by atoms with E-state index in [0.717, 1.165) is 38.9 Å². The standard InChI is InChI=1S/C27H21NO/c1-15(2)18-13-17-7-6-9-23-25(17)21(14-18)26(28-23)22-12-16(3)11-20-19-8-4-5-10-24(19)29-27(20)22/h4-15H,1-3H3. The molecule has 1 aliphatic heterocycles. The summed E-state index contributed by atoms with van der Waals surface area (Å²) in [5.74, 6) is 0.463. The predicted molar refractivity (Wildman–Crippen MR) is 122 cm³/mol. The molecule has 29 heavy (non-hydrogen) atoms.